The monoisotopic (exact) mass is 278 g/mol. The van der Waals surface area contributed by atoms with Crippen LogP contribution in [0.15, 0.2) is 24.3 Å². The van der Waals surface area contributed by atoms with Crippen molar-refractivity contribution in [3.05, 3.63) is 29.8 Å². The van der Waals surface area contributed by atoms with Gasteiger partial charge in [-0.2, -0.15) is 0 Å². The van der Waals surface area contributed by atoms with E-state index in [9.17, 15) is 5.11 Å². The number of rotatable bonds is 3. The fourth-order valence-electron chi connectivity index (χ4n) is 3.17. The number of likely N-dealkylation sites (tertiary alicyclic amines) is 1. The van der Waals surface area contributed by atoms with Crippen LogP contribution in [0.4, 0.5) is 0 Å². The lowest BCUT2D eigenvalue weighted by atomic mass is 9.89. The molecule has 3 N–H and O–H groups in total. The Labute approximate surface area is 120 Å². The van der Waals surface area contributed by atoms with E-state index in [-0.39, 0.29) is 11.8 Å². The summed E-state index contributed by atoms with van der Waals surface area (Å²) in [7, 11) is 0. The first kappa shape index (κ1) is 14.3. The Kier molecular flexibility index (Phi) is 4.42. The molecule has 1 fully saturated rings. The van der Waals surface area contributed by atoms with E-state index in [1.165, 1.54) is 6.42 Å². The average molecular weight is 278 g/mol. The number of hydrogen-bond acceptors (Lipinski definition) is 3. The van der Waals surface area contributed by atoms with Crippen LogP contribution in [0.2, 0.25) is 0 Å². The average Bonchev–Trinajstić information content (AvgIpc) is 2.27. The molecule has 0 aliphatic carbocycles. The summed E-state index contributed by atoms with van der Waals surface area (Å²) in [6.07, 6.45) is 1.25. The summed E-state index contributed by atoms with van der Waals surface area (Å²) in [5, 5.41) is 9.64. The van der Waals surface area contributed by atoms with Gasteiger partial charge in [-0.15, -0.1) is 0 Å². The number of benzene rings is 1. The number of piperidine rings is 1. The molecule has 1 heterocycles. The quantitative estimate of drug-likeness (QED) is 0.835. The molecule has 0 aromatic heterocycles. The van der Waals surface area contributed by atoms with E-state index in [4.69, 9.17) is 18.0 Å². The number of hydrogen-bond donors (Lipinski definition) is 2. The lowest BCUT2D eigenvalue weighted by Gasteiger charge is -2.40. The molecule has 1 aromatic carbocycles. The molecule has 19 heavy (non-hydrogen) atoms. The third kappa shape index (κ3) is 3.45. The van der Waals surface area contributed by atoms with Crippen LogP contribution in [0, 0.1) is 11.8 Å². The molecule has 0 amide bonds. The van der Waals surface area contributed by atoms with Crippen LogP contribution in [-0.2, 0) is 0 Å². The van der Waals surface area contributed by atoms with E-state index in [1.54, 1.807) is 12.1 Å². The standard InChI is InChI=1S/C15H22N2OS/c1-10-6-11(2)9-17(8-10)14(15(16)19)12-4-3-5-13(18)7-12/h3-5,7,10-11,14,18H,6,8-9H2,1-2H3,(H2,16,19). The first-order valence-electron chi connectivity index (χ1n) is 6.79. The van der Waals surface area contributed by atoms with Crippen molar-refractivity contribution < 1.29 is 5.11 Å². The maximum atomic E-state index is 9.64. The molecule has 3 atom stereocenters. The van der Waals surface area contributed by atoms with E-state index in [2.05, 4.69) is 18.7 Å². The third-order valence-corrected chi connectivity index (χ3v) is 3.94. The molecular formula is C15H22N2OS. The number of phenols is 1. The summed E-state index contributed by atoms with van der Waals surface area (Å²) < 4.78 is 0. The van der Waals surface area contributed by atoms with Crippen LogP contribution in [0.1, 0.15) is 31.9 Å². The van der Waals surface area contributed by atoms with Crippen LogP contribution >= 0.6 is 12.2 Å². The fraction of sp³-hybridized carbons (Fsp3) is 0.533. The number of thiocarbonyl (C=S) groups is 1. The van der Waals surface area contributed by atoms with Gasteiger partial charge < -0.3 is 10.8 Å². The second-order valence-electron chi connectivity index (χ2n) is 5.80. The van der Waals surface area contributed by atoms with Gasteiger partial charge in [0, 0.05) is 13.1 Å². The van der Waals surface area contributed by atoms with Gasteiger partial charge in [0.15, 0.2) is 0 Å². The normalized spacial score (nSPS) is 26.0. The van der Waals surface area contributed by atoms with E-state index in [0.717, 1.165) is 18.7 Å². The largest absolute Gasteiger partial charge is 0.508 e. The van der Waals surface area contributed by atoms with Gasteiger partial charge in [0.2, 0.25) is 0 Å². The molecule has 1 aromatic rings. The molecule has 1 saturated heterocycles. The summed E-state index contributed by atoms with van der Waals surface area (Å²) in [4.78, 5) is 2.82. The number of aromatic hydroxyl groups is 1. The minimum atomic E-state index is -0.0766. The Hall–Kier alpha value is -1.13. The highest BCUT2D eigenvalue weighted by Gasteiger charge is 2.30. The van der Waals surface area contributed by atoms with Gasteiger partial charge in [0.1, 0.15) is 5.75 Å². The van der Waals surface area contributed by atoms with Crippen molar-refractivity contribution >= 4 is 17.2 Å². The molecular weight excluding hydrogens is 256 g/mol. The zero-order valence-corrected chi connectivity index (χ0v) is 12.4. The van der Waals surface area contributed by atoms with Crippen molar-refractivity contribution in [2.75, 3.05) is 13.1 Å². The van der Waals surface area contributed by atoms with E-state index < -0.39 is 0 Å². The number of nitrogens with zero attached hydrogens (tertiary/aromatic N) is 1. The molecule has 4 heteroatoms. The summed E-state index contributed by atoms with van der Waals surface area (Å²) in [5.74, 6) is 1.56. The van der Waals surface area contributed by atoms with Crippen molar-refractivity contribution in [1.82, 2.24) is 4.90 Å². The first-order valence-corrected chi connectivity index (χ1v) is 7.20. The first-order chi connectivity index (χ1) is 8.97. The SMILES string of the molecule is CC1CC(C)CN(C(C(N)=S)c2cccc(O)c2)C1. The number of phenolic OH excluding ortho intramolecular Hbond substituents is 1. The summed E-state index contributed by atoms with van der Waals surface area (Å²) in [6.45, 7) is 6.54. The van der Waals surface area contributed by atoms with Crippen LogP contribution in [0.25, 0.3) is 0 Å². The molecule has 104 valence electrons. The Morgan fingerprint density at radius 3 is 2.53 bits per heavy atom. The second-order valence-corrected chi connectivity index (χ2v) is 6.27. The van der Waals surface area contributed by atoms with Gasteiger partial charge in [-0.1, -0.05) is 38.2 Å². The van der Waals surface area contributed by atoms with Crippen LogP contribution in [-0.4, -0.2) is 28.1 Å². The molecule has 1 aliphatic rings. The van der Waals surface area contributed by atoms with E-state index >= 15 is 0 Å². The van der Waals surface area contributed by atoms with Crippen LogP contribution in [0.3, 0.4) is 0 Å². The van der Waals surface area contributed by atoms with Crippen LogP contribution in [0.5, 0.6) is 5.75 Å². The van der Waals surface area contributed by atoms with E-state index in [1.807, 2.05) is 12.1 Å². The topological polar surface area (TPSA) is 49.5 Å². The van der Waals surface area contributed by atoms with Crippen molar-refractivity contribution in [3.63, 3.8) is 0 Å². The van der Waals surface area contributed by atoms with Crippen molar-refractivity contribution in [3.8, 4) is 5.75 Å². The predicted octanol–water partition coefficient (Wildman–Crippen LogP) is 2.70. The predicted molar refractivity (Wildman–Crippen MR) is 82.2 cm³/mol. The molecule has 0 saturated carbocycles. The zero-order chi connectivity index (χ0) is 14.0. The van der Waals surface area contributed by atoms with Gasteiger partial charge in [0.25, 0.3) is 0 Å². The molecule has 0 radical (unpaired) electrons. The molecule has 1 aliphatic heterocycles. The van der Waals surface area contributed by atoms with Gasteiger partial charge in [-0.25, -0.2) is 0 Å². The molecule has 3 unspecified atom stereocenters. The van der Waals surface area contributed by atoms with Gasteiger partial charge in [0.05, 0.1) is 11.0 Å². The third-order valence-electron chi connectivity index (χ3n) is 3.72. The molecule has 3 nitrogen and oxygen atoms in total. The zero-order valence-electron chi connectivity index (χ0n) is 11.5. The number of nitrogens with two attached hydrogens (primary N) is 1. The molecule has 0 bridgehead atoms. The van der Waals surface area contributed by atoms with Gasteiger partial charge in [-0.05, 0) is 36.0 Å². The fourth-order valence-corrected chi connectivity index (χ4v) is 3.46. The Morgan fingerprint density at radius 1 is 1.37 bits per heavy atom. The van der Waals surface area contributed by atoms with Crippen molar-refractivity contribution in [2.45, 2.75) is 26.3 Å². The summed E-state index contributed by atoms with van der Waals surface area (Å²) in [6, 6.07) is 7.17. The Bertz CT molecular complexity index is 453. The molecule has 2 rings (SSSR count). The highest BCUT2D eigenvalue weighted by Crippen LogP contribution is 2.30. The highest BCUT2D eigenvalue weighted by atomic mass is 32.1. The van der Waals surface area contributed by atoms with Crippen molar-refractivity contribution in [1.29, 1.82) is 0 Å². The van der Waals surface area contributed by atoms with Crippen LogP contribution < -0.4 is 5.73 Å². The Morgan fingerprint density at radius 2 is 2.00 bits per heavy atom. The smallest absolute Gasteiger partial charge is 0.115 e. The van der Waals surface area contributed by atoms with Gasteiger partial charge in [-0.3, -0.25) is 4.90 Å². The van der Waals surface area contributed by atoms with E-state index in [0.29, 0.717) is 16.8 Å². The maximum absolute atomic E-state index is 9.64. The second kappa shape index (κ2) is 5.88. The minimum absolute atomic E-state index is 0.0766. The van der Waals surface area contributed by atoms with Crippen molar-refractivity contribution in [2.24, 2.45) is 17.6 Å². The van der Waals surface area contributed by atoms with Gasteiger partial charge >= 0.3 is 0 Å². The minimum Gasteiger partial charge on any atom is -0.508 e. The lowest BCUT2D eigenvalue weighted by molar-refractivity contribution is 0.122. The summed E-state index contributed by atoms with van der Waals surface area (Å²) in [5.41, 5.74) is 6.93. The highest BCUT2D eigenvalue weighted by molar-refractivity contribution is 7.80. The molecule has 0 spiro atoms. The maximum Gasteiger partial charge on any atom is 0.115 e. The lowest BCUT2D eigenvalue weighted by Crippen LogP contribution is -2.45. The summed E-state index contributed by atoms with van der Waals surface area (Å²) >= 11 is 5.25. The Balaban J connectivity index is 2.27.